The molecule has 3 aromatic carbocycles. The molecule has 0 saturated carbocycles. The number of pyridine rings is 1. The largest absolute Gasteiger partial charge is 0.350 e. The van der Waals surface area contributed by atoms with E-state index in [0.717, 1.165) is 38.0 Å². The molecule has 1 unspecified atom stereocenters. The zero-order valence-electron chi connectivity index (χ0n) is 24.8. The first-order valence-electron chi connectivity index (χ1n) is 15.1. The molecule has 3 N–H and O–H groups in total. The molecule has 1 fully saturated rings. The Balaban J connectivity index is 0.924. The molecule has 2 aliphatic rings. The van der Waals surface area contributed by atoms with E-state index in [0.29, 0.717) is 31.7 Å². The molecule has 5 amide bonds. The van der Waals surface area contributed by atoms with Crippen LogP contribution in [0.2, 0.25) is 0 Å². The second kappa shape index (κ2) is 12.0. The lowest BCUT2D eigenvalue weighted by Crippen LogP contribution is -2.54. The van der Waals surface area contributed by atoms with Gasteiger partial charge < -0.3 is 15.2 Å². The summed E-state index contributed by atoms with van der Waals surface area (Å²) in [6.07, 6.45) is 1.97. The minimum atomic E-state index is -0.992. The van der Waals surface area contributed by atoms with E-state index in [1.165, 1.54) is 0 Å². The van der Waals surface area contributed by atoms with Crippen LogP contribution in [0.1, 0.15) is 55.0 Å². The van der Waals surface area contributed by atoms with E-state index in [1.807, 2.05) is 30.3 Å². The fraction of sp³-hybridized carbons (Fsp3) is 0.200. The van der Waals surface area contributed by atoms with Crippen LogP contribution in [-0.4, -0.2) is 56.6 Å². The maximum absolute atomic E-state index is 13.1. The zero-order valence-corrected chi connectivity index (χ0v) is 24.8. The lowest BCUT2D eigenvalue weighted by atomic mass is 10.0. The Hall–Kier alpha value is -5.68. The topological polar surface area (TPSA) is 142 Å². The summed E-state index contributed by atoms with van der Waals surface area (Å²) in [6.45, 7) is 2.00. The first-order valence-corrected chi connectivity index (χ1v) is 15.1. The van der Waals surface area contributed by atoms with Crippen molar-refractivity contribution in [3.05, 3.63) is 113 Å². The Morgan fingerprint density at radius 1 is 0.848 bits per heavy atom. The number of hydrogen-bond acceptors (Lipinski definition) is 7. The number of amides is 5. The van der Waals surface area contributed by atoms with Gasteiger partial charge in [-0.3, -0.25) is 34.2 Å². The van der Waals surface area contributed by atoms with Gasteiger partial charge in [-0.2, -0.15) is 0 Å². The monoisotopic (exact) mass is 614 g/mol. The SMILES string of the molecule is O=C1CCC(N2C(=O)c3ccc(CNCc4ccc(C(=O)NCCn5c6ccccc6c6cccnc65)cc4)cc3C2=O)C(=O)N1. The number of aromatic nitrogens is 2. The van der Waals surface area contributed by atoms with Crippen LogP contribution in [0.3, 0.4) is 0 Å². The van der Waals surface area contributed by atoms with Crippen molar-refractivity contribution in [3.8, 4) is 0 Å². The molecule has 0 spiro atoms. The molecule has 4 heterocycles. The third kappa shape index (κ3) is 5.30. The number of rotatable bonds is 9. The fourth-order valence-corrected chi connectivity index (χ4v) is 6.24. The molecule has 11 heteroatoms. The summed E-state index contributed by atoms with van der Waals surface area (Å²) >= 11 is 0. The minimum Gasteiger partial charge on any atom is -0.350 e. The number of benzene rings is 3. The zero-order chi connectivity index (χ0) is 31.8. The summed E-state index contributed by atoms with van der Waals surface area (Å²) in [4.78, 5) is 68.2. The van der Waals surface area contributed by atoms with Crippen LogP contribution in [0.4, 0.5) is 0 Å². The lowest BCUT2D eigenvalue weighted by Gasteiger charge is -2.27. The number of nitrogens with zero attached hydrogens (tertiary/aromatic N) is 3. The number of carbonyl (C=O) groups is 5. The van der Waals surface area contributed by atoms with E-state index in [-0.39, 0.29) is 29.9 Å². The number of carbonyl (C=O) groups excluding carboxylic acids is 5. The van der Waals surface area contributed by atoms with Gasteiger partial charge in [-0.25, -0.2) is 4.98 Å². The van der Waals surface area contributed by atoms with Crippen molar-refractivity contribution in [3.63, 3.8) is 0 Å². The van der Waals surface area contributed by atoms with Gasteiger partial charge >= 0.3 is 0 Å². The second-order valence-electron chi connectivity index (χ2n) is 11.4. The molecule has 2 aromatic heterocycles. The summed E-state index contributed by atoms with van der Waals surface area (Å²) in [6, 6.07) is 23.6. The molecule has 1 atom stereocenters. The van der Waals surface area contributed by atoms with Crippen molar-refractivity contribution in [1.29, 1.82) is 0 Å². The van der Waals surface area contributed by atoms with Gasteiger partial charge in [0.25, 0.3) is 17.7 Å². The molecule has 11 nitrogen and oxygen atoms in total. The Bertz CT molecular complexity index is 2000. The maximum atomic E-state index is 13.1. The van der Waals surface area contributed by atoms with Crippen molar-refractivity contribution in [2.24, 2.45) is 0 Å². The predicted molar refractivity (Wildman–Crippen MR) is 170 cm³/mol. The van der Waals surface area contributed by atoms with Crippen LogP contribution in [0, 0.1) is 0 Å². The average Bonchev–Trinajstić information content (AvgIpc) is 3.52. The van der Waals surface area contributed by atoms with Crippen molar-refractivity contribution < 1.29 is 24.0 Å². The van der Waals surface area contributed by atoms with E-state index in [9.17, 15) is 24.0 Å². The van der Waals surface area contributed by atoms with Crippen LogP contribution in [0.25, 0.3) is 21.9 Å². The molecule has 2 aliphatic heterocycles. The molecular weight excluding hydrogens is 584 g/mol. The van der Waals surface area contributed by atoms with Crippen molar-refractivity contribution >= 4 is 51.5 Å². The van der Waals surface area contributed by atoms with Gasteiger partial charge in [-0.15, -0.1) is 0 Å². The van der Waals surface area contributed by atoms with Gasteiger partial charge in [0.2, 0.25) is 11.8 Å². The third-order valence-corrected chi connectivity index (χ3v) is 8.53. The molecule has 0 bridgehead atoms. The van der Waals surface area contributed by atoms with Gasteiger partial charge in [-0.1, -0.05) is 36.4 Å². The van der Waals surface area contributed by atoms with Gasteiger partial charge in [0, 0.05) is 55.1 Å². The summed E-state index contributed by atoms with van der Waals surface area (Å²) in [5.41, 5.74) is 4.81. The Kier molecular flexibility index (Phi) is 7.59. The highest BCUT2D eigenvalue weighted by molar-refractivity contribution is 6.23. The summed E-state index contributed by atoms with van der Waals surface area (Å²) in [5, 5.41) is 10.8. The van der Waals surface area contributed by atoms with Crippen molar-refractivity contribution in [1.82, 2.24) is 30.4 Å². The second-order valence-corrected chi connectivity index (χ2v) is 11.4. The van der Waals surface area contributed by atoms with Crippen LogP contribution >= 0.6 is 0 Å². The van der Waals surface area contributed by atoms with Crippen LogP contribution in [-0.2, 0) is 29.2 Å². The minimum absolute atomic E-state index is 0.0756. The van der Waals surface area contributed by atoms with E-state index >= 15 is 0 Å². The molecule has 0 aliphatic carbocycles. The first kappa shape index (κ1) is 29.1. The number of fused-ring (bicyclic) bond motifs is 4. The Morgan fingerprint density at radius 2 is 1.59 bits per heavy atom. The van der Waals surface area contributed by atoms with Gasteiger partial charge in [0.05, 0.1) is 16.6 Å². The predicted octanol–water partition coefficient (Wildman–Crippen LogP) is 3.31. The molecular formula is C35H30N6O5. The van der Waals surface area contributed by atoms with Gasteiger partial charge in [-0.05, 0) is 60.0 Å². The molecule has 46 heavy (non-hydrogen) atoms. The fourth-order valence-electron chi connectivity index (χ4n) is 6.24. The highest BCUT2D eigenvalue weighted by Crippen LogP contribution is 2.29. The number of nitrogens with one attached hydrogen (secondary N) is 3. The molecule has 7 rings (SSSR count). The number of para-hydroxylation sites is 1. The standard InChI is InChI=1S/C35H30N6O5/c42-30-14-13-29(33(44)39-30)41-34(45)26-12-9-22(18-27(26)35(41)46)20-36-19-21-7-10-23(11-8-21)32(43)38-16-17-40-28-6-2-1-4-24(28)25-5-3-15-37-31(25)40/h1-12,15,18,29,36H,13-14,16-17,19-20H2,(H,38,43)(H,39,42,44). The molecule has 230 valence electrons. The summed E-state index contributed by atoms with van der Waals surface area (Å²) in [5.74, 6) is -2.25. The van der Waals surface area contributed by atoms with E-state index < -0.39 is 29.7 Å². The number of imide groups is 2. The highest BCUT2D eigenvalue weighted by atomic mass is 16.2. The Labute approximate surface area is 263 Å². The number of piperidine rings is 1. The third-order valence-electron chi connectivity index (χ3n) is 8.53. The summed E-state index contributed by atoms with van der Waals surface area (Å²) < 4.78 is 2.13. The summed E-state index contributed by atoms with van der Waals surface area (Å²) in [7, 11) is 0. The highest BCUT2D eigenvalue weighted by Gasteiger charge is 2.44. The molecule has 5 aromatic rings. The van der Waals surface area contributed by atoms with Gasteiger partial charge in [0.1, 0.15) is 11.7 Å². The molecule has 1 saturated heterocycles. The van der Waals surface area contributed by atoms with Crippen LogP contribution < -0.4 is 16.0 Å². The Morgan fingerprint density at radius 3 is 2.41 bits per heavy atom. The lowest BCUT2D eigenvalue weighted by molar-refractivity contribution is -0.136. The van der Waals surface area contributed by atoms with E-state index in [1.54, 1.807) is 36.5 Å². The van der Waals surface area contributed by atoms with Crippen molar-refractivity contribution in [2.75, 3.05) is 6.54 Å². The maximum Gasteiger partial charge on any atom is 0.262 e. The first-order chi connectivity index (χ1) is 22.4. The van der Waals surface area contributed by atoms with Crippen molar-refractivity contribution in [2.45, 2.75) is 38.5 Å². The van der Waals surface area contributed by atoms with Crippen LogP contribution in [0.15, 0.2) is 85.1 Å². The van der Waals surface area contributed by atoms with E-state index in [4.69, 9.17) is 0 Å². The quantitative estimate of drug-likeness (QED) is 0.216. The van der Waals surface area contributed by atoms with Crippen LogP contribution in [0.5, 0.6) is 0 Å². The number of hydrogen-bond donors (Lipinski definition) is 3. The smallest absolute Gasteiger partial charge is 0.262 e. The molecule has 0 radical (unpaired) electrons. The normalized spacial score (nSPS) is 16.3. The average molecular weight is 615 g/mol. The van der Waals surface area contributed by atoms with E-state index in [2.05, 4.69) is 43.7 Å². The van der Waals surface area contributed by atoms with Gasteiger partial charge in [0.15, 0.2) is 0 Å².